The van der Waals surface area contributed by atoms with Crippen molar-refractivity contribution in [1.29, 1.82) is 0 Å². The minimum atomic E-state index is -0.504. The van der Waals surface area contributed by atoms with Crippen molar-refractivity contribution < 1.29 is 8.78 Å². The predicted octanol–water partition coefficient (Wildman–Crippen LogP) is 2.82. The Balaban J connectivity index is 2.28. The minimum Gasteiger partial charge on any atom is -0.316 e. The highest BCUT2D eigenvalue weighted by Gasteiger charge is 2.29. The molecule has 1 aromatic rings. The van der Waals surface area contributed by atoms with E-state index < -0.39 is 11.6 Å². The maximum atomic E-state index is 13.5. The van der Waals surface area contributed by atoms with Gasteiger partial charge in [0.1, 0.15) is 11.6 Å². The molecular weight excluding hydrogens is 196 g/mol. The number of hydrogen-bond acceptors (Lipinski definition) is 1. The largest absolute Gasteiger partial charge is 0.316 e. The standard InChI is InChI=1S/C12H15F2N/c1-15-12-4-2-3-10(12)9-6-5-8(13)7-11(9)14/h5-7,10,12,15H,2-4H2,1H3. The molecule has 1 aliphatic rings. The summed E-state index contributed by atoms with van der Waals surface area (Å²) in [6, 6.07) is 4.21. The molecule has 0 bridgehead atoms. The van der Waals surface area contributed by atoms with Crippen molar-refractivity contribution in [2.45, 2.75) is 31.2 Å². The number of hydrogen-bond donors (Lipinski definition) is 1. The molecule has 3 heteroatoms. The fourth-order valence-electron chi connectivity index (χ4n) is 2.48. The Kier molecular flexibility index (Phi) is 3.00. The highest BCUT2D eigenvalue weighted by molar-refractivity contribution is 5.25. The normalized spacial score (nSPS) is 25.8. The molecule has 0 aliphatic heterocycles. The third kappa shape index (κ3) is 2.02. The minimum absolute atomic E-state index is 0.190. The van der Waals surface area contributed by atoms with E-state index in [1.807, 2.05) is 7.05 Å². The van der Waals surface area contributed by atoms with Crippen LogP contribution in [-0.4, -0.2) is 13.1 Å². The summed E-state index contributed by atoms with van der Waals surface area (Å²) in [4.78, 5) is 0. The molecule has 2 rings (SSSR count). The van der Waals surface area contributed by atoms with Crippen LogP contribution in [0.5, 0.6) is 0 Å². The Morgan fingerprint density at radius 2 is 2.07 bits per heavy atom. The summed E-state index contributed by atoms with van der Waals surface area (Å²) in [7, 11) is 1.89. The average molecular weight is 211 g/mol. The molecule has 0 radical (unpaired) electrons. The molecule has 1 aliphatic carbocycles. The van der Waals surface area contributed by atoms with Crippen molar-refractivity contribution in [3.05, 3.63) is 35.4 Å². The fraction of sp³-hybridized carbons (Fsp3) is 0.500. The molecule has 1 aromatic carbocycles. The van der Waals surface area contributed by atoms with Crippen LogP contribution >= 0.6 is 0 Å². The Morgan fingerprint density at radius 3 is 2.73 bits per heavy atom. The summed E-state index contributed by atoms with van der Waals surface area (Å²) < 4.78 is 26.3. The molecule has 0 heterocycles. The molecule has 1 nitrogen and oxygen atoms in total. The summed E-state index contributed by atoms with van der Waals surface area (Å²) in [6.07, 6.45) is 3.15. The molecule has 0 amide bonds. The lowest BCUT2D eigenvalue weighted by atomic mass is 9.93. The van der Waals surface area contributed by atoms with Gasteiger partial charge in [-0.3, -0.25) is 0 Å². The van der Waals surface area contributed by atoms with Crippen LogP contribution in [0.15, 0.2) is 18.2 Å². The SMILES string of the molecule is CNC1CCCC1c1ccc(F)cc1F. The molecule has 82 valence electrons. The summed E-state index contributed by atoms with van der Waals surface area (Å²) >= 11 is 0. The van der Waals surface area contributed by atoms with E-state index in [4.69, 9.17) is 0 Å². The molecule has 0 spiro atoms. The third-order valence-electron chi connectivity index (χ3n) is 3.25. The van der Waals surface area contributed by atoms with Gasteiger partial charge in [0.15, 0.2) is 0 Å². The number of benzene rings is 1. The Morgan fingerprint density at radius 1 is 1.27 bits per heavy atom. The van der Waals surface area contributed by atoms with Crippen LogP contribution in [-0.2, 0) is 0 Å². The van der Waals surface area contributed by atoms with Gasteiger partial charge >= 0.3 is 0 Å². The molecule has 0 aromatic heterocycles. The number of rotatable bonds is 2. The van der Waals surface area contributed by atoms with E-state index in [2.05, 4.69) is 5.32 Å². The molecular formula is C12H15F2N. The van der Waals surface area contributed by atoms with Crippen molar-refractivity contribution in [2.24, 2.45) is 0 Å². The van der Waals surface area contributed by atoms with Crippen molar-refractivity contribution in [3.63, 3.8) is 0 Å². The van der Waals surface area contributed by atoms with E-state index in [9.17, 15) is 8.78 Å². The summed E-state index contributed by atoms with van der Waals surface area (Å²) in [5.74, 6) is -0.729. The zero-order valence-electron chi connectivity index (χ0n) is 8.76. The van der Waals surface area contributed by atoms with Gasteiger partial charge in [-0.25, -0.2) is 8.78 Å². The maximum Gasteiger partial charge on any atom is 0.129 e. The molecule has 2 atom stereocenters. The van der Waals surface area contributed by atoms with Crippen LogP contribution in [0.3, 0.4) is 0 Å². The van der Waals surface area contributed by atoms with Crippen LogP contribution in [0.25, 0.3) is 0 Å². The summed E-state index contributed by atoms with van der Waals surface area (Å²) in [5, 5.41) is 3.19. The van der Waals surface area contributed by atoms with E-state index >= 15 is 0 Å². The van der Waals surface area contributed by atoms with Gasteiger partial charge < -0.3 is 5.32 Å². The van der Waals surface area contributed by atoms with Gasteiger partial charge in [0.05, 0.1) is 0 Å². The zero-order chi connectivity index (χ0) is 10.8. The van der Waals surface area contributed by atoms with E-state index in [1.165, 1.54) is 6.07 Å². The number of nitrogens with one attached hydrogen (secondary N) is 1. The first-order valence-electron chi connectivity index (χ1n) is 5.34. The van der Waals surface area contributed by atoms with E-state index in [-0.39, 0.29) is 5.92 Å². The first-order valence-corrected chi connectivity index (χ1v) is 5.34. The first-order chi connectivity index (χ1) is 7.22. The predicted molar refractivity (Wildman–Crippen MR) is 55.8 cm³/mol. The lowest BCUT2D eigenvalue weighted by Crippen LogP contribution is -2.28. The second kappa shape index (κ2) is 4.27. The third-order valence-corrected chi connectivity index (χ3v) is 3.25. The Labute approximate surface area is 88.5 Å². The molecule has 15 heavy (non-hydrogen) atoms. The van der Waals surface area contributed by atoms with Crippen LogP contribution < -0.4 is 5.32 Å². The van der Waals surface area contributed by atoms with E-state index in [0.29, 0.717) is 11.6 Å². The van der Waals surface area contributed by atoms with Gasteiger partial charge in [-0.05, 0) is 31.5 Å². The van der Waals surface area contributed by atoms with Gasteiger partial charge in [-0.1, -0.05) is 12.5 Å². The second-order valence-electron chi connectivity index (χ2n) is 4.10. The van der Waals surface area contributed by atoms with Crippen LogP contribution in [0, 0.1) is 11.6 Å². The number of likely N-dealkylation sites (N-methyl/N-ethyl adjacent to an activating group) is 1. The Hall–Kier alpha value is -0.960. The van der Waals surface area contributed by atoms with E-state index in [1.54, 1.807) is 6.07 Å². The van der Waals surface area contributed by atoms with Gasteiger partial charge in [0.25, 0.3) is 0 Å². The maximum absolute atomic E-state index is 13.5. The van der Waals surface area contributed by atoms with Crippen LogP contribution in [0.2, 0.25) is 0 Å². The molecule has 0 saturated heterocycles. The highest BCUT2D eigenvalue weighted by atomic mass is 19.1. The fourth-order valence-corrected chi connectivity index (χ4v) is 2.48. The average Bonchev–Trinajstić information content (AvgIpc) is 2.65. The molecule has 1 saturated carbocycles. The monoisotopic (exact) mass is 211 g/mol. The first kappa shape index (κ1) is 10.6. The lowest BCUT2D eigenvalue weighted by Gasteiger charge is -2.19. The molecule has 1 N–H and O–H groups in total. The highest BCUT2D eigenvalue weighted by Crippen LogP contribution is 2.35. The van der Waals surface area contributed by atoms with Crippen molar-refractivity contribution in [2.75, 3.05) is 7.05 Å². The van der Waals surface area contributed by atoms with Gasteiger partial charge in [0, 0.05) is 18.0 Å². The van der Waals surface area contributed by atoms with Crippen molar-refractivity contribution in [3.8, 4) is 0 Å². The number of halogens is 2. The van der Waals surface area contributed by atoms with Gasteiger partial charge in [0.2, 0.25) is 0 Å². The van der Waals surface area contributed by atoms with E-state index in [0.717, 1.165) is 25.3 Å². The van der Waals surface area contributed by atoms with Crippen molar-refractivity contribution >= 4 is 0 Å². The Bertz CT molecular complexity index is 351. The van der Waals surface area contributed by atoms with Crippen LogP contribution in [0.1, 0.15) is 30.7 Å². The zero-order valence-corrected chi connectivity index (χ0v) is 8.76. The van der Waals surface area contributed by atoms with Gasteiger partial charge in [-0.2, -0.15) is 0 Å². The topological polar surface area (TPSA) is 12.0 Å². The molecule has 2 unspecified atom stereocenters. The van der Waals surface area contributed by atoms with Crippen LogP contribution in [0.4, 0.5) is 8.78 Å². The second-order valence-corrected chi connectivity index (χ2v) is 4.10. The quantitative estimate of drug-likeness (QED) is 0.793. The summed E-state index contributed by atoms with van der Waals surface area (Å²) in [6.45, 7) is 0. The van der Waals surface area contributed by atoms with Gasteiger partial charge in [-0.15, -0.1) is 0 Å². The smallest absolute Gasteiger partial charge is 0.129 e. The molecule has 1 fully saturated rings. The lowest BCUT2D eigenvalue weighted by molar-refractivity contribution is 0.492. The van der Waals surface area contributed by atoms with Crippen molar-refractivity contribution in [1.82, 2.24) is 5.32 Å². The summed E-state index contributed by atoms with van der Waals surface area (Å²) in [5.41, 5.74) is 0.647.